The van der Waals surface area contributed by atoms with Crippen molar-refractivity contribution in [3.8, 4) is 0 Å². The topological polar surface area (TPSA) is 66.5 Å². The molecule has 148 valence electrons. The maximum atomic E-state index is 12.8. The average molecular weight is 419 g/mol. The van der Waals surface area contributed by atoms with E-state index in [1.807, 2.05) is 11.8 Å². The van der Waals surface area contributed by atoms with Gasteiger partial charge in [0.05, 0.1) is 4.90 Å². The van der Waals surface area contributed by atoms with Crippen molar-refractivity contribution < 1.29 is 13.2 Å². The number of anilines is 1. The van der Waals surface area contributed by atoms with Crippen LogP contribution in [0.25, 0.3) is 0 Å². The Morgan fingerprint density at radius 1 is 1.18 bits per heavy atom. The molecule has 0 unspecified atom stereocenters. The van der Waals surface area contributed by atoms with Gasteiger partial charge in [-0.2, -0.15) is 0 Å². The van der Waals surface area contributed by atoms with Crippen LogP contribution in [0.5, 0.6) is 0 Å². The van der Waals surface area contributed by atoms with Crippen LogP contribution < -0.4 is 9.62 Å². The summed E-state index contributed by atoms with van der Waals surface area (Å²) in [5.41, 5.74) is 2.59. The average Bonchev–Trinajstić information content (AvgIpc) is 2.94. The minimum absolute atomic E-state index is 0.0584. The van der Waals surface area contributed by atoms with Crippen molar-refractivity contribution >= 4 is 33.2 Å². The second-order valence-electron chi connectivity index (χ2n) is 7.63. The lowest BCUT2D eigenvalue weighted by molar-refractivity contribution is -0.125. The van der Waals surface area contributed by atoms with Gasteiger partial charge in [-0.05, 0) is 67.6 Å². The Bertz CT molecular complexity index is 1000. The number of hydrogen-bond donors (Lipinski definition) is 1. The molecule has 0 spiro atoms. The molecule has 1 N–H and O–H groups in total. The molecule has 1 atom stereocenters. The van der Waals surface area contributed by atoms with E-state index in [9.17, 15) is 13.2 Å². The van der Waals surface area contributed by atoms with Crippen LogP contribution in [0.15, 0.2) is 47.4 Å². The number of sulfonamides is 1. The molecular formula is C21H23ClN2O3S. The van der Waals surface area contributed by atoms with Crippen LogP contribution >= 0.6 is 11.6 Å². The van der Waals surface area contributed by atoms with Crippen molar-refractivity contribution in [3.63, 3.8) is 0 Å². The number of rotatable bonds is 5. The highest BCUT2D eigenvalue weighted by molar-refractivity contribution is 7.89. The molecule has 0 aromatic heterocycles. The van der Waals surface area contributed by atoms with Crippen molar-refractivity contribution in [2.24, 2.45) is 5.92 Å². The molecule has 1 aliphatic heterocycles. The quantitative estimate of drug-likeness (QED) is 0.800. The molecule has 28 heavy (non-hydrogen) atoms. The van der Waals surface area contributed by atoms with E-state index in [1.165, 1.54) is 0 Å². The zero-order valence-corrected chi connectivity index (χ0v) is 17.3. The van der Waals surface area contributed by atoms with Crippen molar-refractivity contribution in [1.29, 1.82) is 0 Å². The Hall–Kier alpha value is -1.89. The molecule has 1 saturated carbocycles. The predicted molar refractivity (Wildman–Crippen MR) is 110 cm³/mol. The highest BCUT2D eigenvalue weighted by atomic mass is 35.5. The molecule has 0 bridgehead atoms. The molecule has 2 aromatic rings. The van der Waals surface area contributed by atoms with E-state index in [0.29, 0.717) is 11.4 Å². The van der Waals surface area contributed by atoms with Crippen molar-refractivity contribution in [2.45, 2.75) is 50.1 Å². The summed E-state index contributed by atoms with van der Waals surface area (Å²) in [4.78, 5) is 14.8. The minimum atomic E-state index is -3.64. The third kappa shape index (κ3) is 3.69. The van der Waals surface area contributed by atoms with Crippen LogP contribution in [0.2, 0.25) is 5.02 Å². The highest BCUT2D eigenvalue weighted by Gasteiger charge is 2.37. The summed E-state index contributed by atoms with van der Waals surface area (Å²) < 4.78 is 28.1. The number of carbonyl (C=O) groups is 1. The number of carbonyl (C=O) groups excluding carboxylic acids is 1. The highest BCUT2D eigenvalue weighted by Crippen LogP contribution is 2.38. The molecule has 1 fully saturated rings. The normalized spacial score (nSPS) is 19.4. The summed E-state index contributed by atoms with van der Waals surface area (Å²) in [7, 11) is -3.64. The standard InChI is InChI=1S/C21H23ClN2O3S/c1-14-11-17-12-19(9-10-20(17)24(14)21(25)16-3-2-4-16)28(26,27)23-13-15-5-7-18(22)8-6-15/h5-10,12,14,16,23H,2-4,11,13H2,1H3/t14-/m1/s1. The second kappa shape index (κ2) is 7.50. The number of hydrogen-bond acceptors (Lipinski definition) is 3. The third-order valence-electron chi connectivity index (χ3n) is 5.65. The fraction of sp³-hybridized carbons (Fsp3) is 0.381. The Labute approximate surface area is 170 Å². The van der Waals surface area contributed by atoms with Crippen molar-refractivity contribution in [1.82, 2.24) is 4.72 Å². The van der Waals surface area contributed by atoms with E-state index < -0.39 is 10.0 Å². The summed E-state index contributed by atoms with van der Waals surface area (Å²) in [5, 5.41) is 0.611. The maximum Gasteiger partial charge on any atom is 0.240 e. The molecule has 5 nitrogen and oxygen atoms in total. The Morgan fingerprint density at radius 3 is 2.54 bits per heavy atom. The Kier molecular flexibility index (Phi) is 5.21. The molecule has 1 aliphatic carbocycles. The molecule has 7 heteroatoms. The number of benzene rings is 2. The minimum Gasteiger partial charge on any atom is -0.309 e. The number of fused-ring (bicyclic) bond motifs is 1. The largest absolute Gasteiger partial charge is 0.309 e. The first-order valence-corrected chi connectivity index (χ1v) is 11.4. The zero-order chi connectivity index (χ0) is 19.9. The van der Waals surface area contributed by atoms with E-state index in [4.69, 9.17) is 11.6 Å². The summed E-state index contributed by atoms with van der Waals surface area (Å²) in [6, 6.07) is 12.2. The molecular weight excluding hydrogens is 396 g/mol. The lowest BCUT2D eigenvalue weighted by Crippen LogP contribution is -2.42. The molecule has 4 rings (SSSR count). The number of amides is 1. The van der Waals surface area contributed by atoms with Crippen LogP contribution in [0.3, 0.4) is 0 Å². The zero-order valence-electron chi connectivity index (χ0n) is 15.7. The van der Waals surface area contributed by atoms with Gasteiger partial charge in [0.2, 0.25) is 15.9 Å². The first-order chi connectivity index (χ1) is 13.3. The lowest BCUT2D eigenvalue weighted by Gasteiger charge is -2.32. The molecule has 1 amide bonds. The SMILES string of the molecule is C[C@@H]1Cc2cc(S(=O)(=O)NCc3ccc(Cl)cc3)ccc2N1C(=O)C1CCC1. The van der Waals surface area contributed by atoms with E-state index in [0.717, 1.165) is 36.1 Å². The van der Waals surface area contributed by atoms with Gasteiger partial charge in [-0.25, -0.2) is 13.1 Å². The number of nitrogens with one attached hydrogen (secondary N) is 1. The monoisotopic (exact) mass is 418 g/mol. The van der Waals surface area contributed by atoms with Gasteiger partial charge in [0, 0.05) is 29.2 Å². The van der Waals surface area contributed by atoms with Gasteiger partial charge in [0.15, 0.2) is 0 Å². The van der Waals surface area contributed by atoms with E-state index in [1.54, 1.807) is 42.5 Å². The molecule has 1 heterocycles. The van der Waals surface area contributed by atoms with Crippen LogP contribution in [0, 0.1) is 5.92 Å². The van der Waals surface area contributed by atoms with E-state index in [-0.39, 0.29) is 29.3 Å². The van der Waals surface area contributed by atoms with E-state index >= 15 is 0 Å². The molecule has 2 aliphatic rings. The van der Waals surface area contributed by atoms with E-state index in [2.05, 4.69) is 4.72 Å². The van der Waals surface area contributed by atoms with Crippen LogP contribution in [0.1, 0.15) is 37.3 Å². The van der Waals surface area contributed by atoms with Gasteiger partial charge in [0.25, 0.3) is 0 Å². The fourth-order valence-corrected chi connectivity index (χ4v) is 5.02. The number of nitrogens with zero attached hydrogens (tertiary/aromatic N) is 1. The summed E-state index contributed by atoms with van der Waals surface area (Å²) in [6.45, 7) is 2.21. The fourth-order valence-electron chi connectivity index (χ4n) is 3.83. The first kappa shape index (κ1) is 19.4. The van der Waals surface area contributed by atoms with Crippen molar-refractivity contribution in [2.75, 3.05) is 4.90 Å². The predicted octanol–water partition coefficient (Wildman–Crippen LogP) is 3.90. The van der Waals surface area contributed by atoms with Crippen LogP contribution in [-0.4, -0.2) is 20.4 Å². The van der Waals surface area contributed by atoms with Gasteiger partial charge in [0.1, 0.15) is 0 Å². The van der Waals surface area contributed by atoms with Crippen LogP contribution in [-0.2, 0) is 27.8 Å². The van der Waals surface area contributed by atoms with Gasteiger partial charge in [-0.15, -0.1) is 0 Å². The second-order valence-corrected chi connectivity index (χ2v) is 9.83. The number of halogens is 1. The molecule has 2 aromatic carbocycles. The van der Waals surface area contributed by atoms with Crippen LogP contribution in [0.4, 0.5) is 5.69 Å². The van der Waals surface area contributed by atoms with Gasteiger partial charge in [-0.1, -0.05) is 30.2 Å². The van der Waals surface area contributed by atoms with Gasteiger partial charge in [-0.3, -0.25) is 4.79 Å². The van der Waals surface area contributed by atoms with Crippen molar-refractivity contribution in [3.05, 3.63) is 58.6 Å². The first-order valence-electron chi connectivity index (χ1n) is 9.55. The summed E-state index contributed by atoms with van der Waals surface area (Å²) in [5.74, 6) is 0.298. The van der Waals surface area contributed by atoms with Gasteiger partial charge >= 0.3 is 0 Å². The maximum absolute atomic E-state index is 12.8. The lowest BCUT2D eigenvalue weighted by atomic mass is 9.84. The smallest absolute Gasteiger partial charge is 0.240 e. The Balaban J connectivity index is 1.52. The molecule has 0 saturated heterocycles. The molecule has 0 radical (unpaired) electrons. The summed E-state index contributed by atoms with van der Waals surface area (Å²) >= 11 is 5.86. The Morgan fingerprint density at radius 2 is 1.89 bits per heavy atom. The third-order valence-corrected chi connectivity index (χ3v) is 7.30. The van der Waals surface area contributed by atoms with Gasteiger partial charge < -0.3 is 4.90 Å². The summed E-state index contributed by atoms with van der Waals surface area (Å²) in [6.07, 6.45) is 3.70.